The predicted octanol–water partition coefficient (Wildman–Crippen LogP) is 0.604. The molecule has 1 amide bonds. The Balaban J connectivity index is 1.59. The number of aliphatic hydroxyl groups excluding tert-OH is 1. The molecule has 10 heteroatoms. The standard InChI is InChI=1S/C21H28N8O2/c22-9-14(7-16-8-18(23)27-20(28-25)19(16)24)11-26-10-13-1-3-15(4-2-13)21(31)29-6-5-17(30)12-29/h1-4,8-9,11,17,22,26,30H,5-7,10,12,24-25H2,(H3,23,27,28)/b14-11-,22-9?. The third-order valence-electron chi connectivity index (χ3n) is 5.13. The number of nitrogen functional groups attached to an aromatic ring is 3. The van der Waals surface area contributed by atoms with Crippen molar-refractivity contribution in [3.63, 3.8) is 0 Å². The molecule has 0 radical (unpaired) electrons. The van der Waals surface area contributed by atoms with Gasteiger partial charge < -0.3 is 37.6 Å². The van der Waals surface area contributed by atoms with E-state index in [4.69, 9.17) is 22.7 Å². The molecule has 1 aromatic heterocycles. The van der Waals surface area contributed by atoms with Gasteiger partial charge in [-0.05, 0) is 41.3 Å². The molecule has 1 aromatic carbocycles. The smallest absolute Gasteiger partial charge is 0.253 e. The predicted molar refractivity (Wildman–Crippen MR) is 121 cm³/mol. The highest BCUT2D eigenvalue weighted by Gasteiger charge is 2.25. The largest absolute Gasteiger partial charge is 0.395 e. The van der Waals surface area contributed by atoms with E-state index in [2.05, 4.69) is 15.7 Å². The fraction of sp³-hybridized carbons (Fsp3) is 0.286. The second-order valence-corrected chi connectivity index (χ2v) is 7.42. The number of nitrogens with two attached hydrogens (primary N) is 3. The molecule has 0 saturated carbocycles. The van der Waals surface area contributed by atoms with Gasteiger partial charge in [-0.3, -0.25) is 4.79 Å². The maximum atomic E-state index is 12.4. The van der Waals surface area contributed by atoms with Gasteiger partial charge in [0.15, 0.2) is 5.82 Å². The number of carbonyl (C=O) groups is 1. The Labute approximate surface area is 180 Å². The molecule has 0 spiro atoms. The number of hydrogen-bond donors (Lipinski definition) is 7. The number of likely N-dealkylation sites (tertiary alicyclic amines) is 1. The molecule has 3 rings (SSSR count). The zero-order valence-electron chi connectivity index (χ0n) is 17.1. The molecule has 2 heterocycles. The van der Waals surface area contributed by atoms with Crippen LogP contribution in [0.2, 0.25) is 0 Å². The highest BCUT2D eigenvalue weighted by molar-refractivity contribution is 5.94. The summed E-state index contributed by atoms with van der Waals surface area (Å²) in [6, 6.07) is 8.99. The van der Waals surface area contributed by atoms with Crippen LogP contribution in [0.1, 0.15) is 27.9 Å². The van der Waals surface area contributed by atoms with Crippen molar-refractivity contribution in [1.29, 1.82) is 5.41 Å². The lowest BCUT2D eigenvalue weighted by molar-refractivity contribution is 0.0765. The Kier molecular flexibility index (Phi) is 7.06. The Hall–Kier alpha value is -3.63. The maximum Gasteiger partial charge on any atom is 0.253 e. The van der Waals surface area contributed by atoms with E-state index in [-0.39, 0.29) is 11.7 Å². The van der Waals surface area contributed by atoms with Crippen LogP contribution in [0.5, 0.6) is 0 Å². The molecule has 1 fully saturated rings. The van der Waals surface area contributed by atoms with Crippen molar-refractivity contribution in [2.75, 3.05) is 30.0 Å². The van der Waals surface area contributed by atoms with Crippen LogP contribution in [-0.2, 0) is 13.0 Å². The molecular formula is C21H28N8O2. The molecule has 31 heavy (non-hydrogen) atoms. The van der Waals surface area contributed by atoms with E-state index in [0.29, 0.717) is 60.7 Å². The molecule has 0 aliphatic carbocycles. The molecule has 10 N–H and O–H groups in total. The summed E-state index contributed by atoms with van der Waals surface area (Å²) < 4.78 is 0. The number of pyridine rings is 1. The first-order chi connectivity index (χ1) is 14.9. The van der Waals surface area contributed by atoms with Gasteiger partial charge in [-0.2, -0.15) is 0 Å². The minimum Gasteiger partial charge on any atom is -0.395 e. The molecule has 1 saturated heterocycles. The third kappa shape index (κ3) is 5.50. The van der Waals surface area contributed by atoms with Crippen LogP contribution in [0.25, 0.3) is 0 Å². The lowest BCUT2D eigenvalue weighted by Gasteiger charge is -2.15. The average molecular weight is 425 g/mol. The maximum absolute atomic E-state index is 12.4. The van der Waals surface area contributed by atoms with Crippen molar-refractivity contribution in [2.24, 2.45) is 5.84 Å². The summed E-state index contributed by atoms with van der Waals surface area (Å²) in [5.41, 5.74) is 17.6. The van der Waals surface area contributed by atoms with Crippen molar-refractivity contribution in [3.8, 4) is 0 Å². The molecule has 1 unspecified atom stereocenters. The minimum atomic E-state index is -0.431. The van der Waals surface area contributed by atoms with Crippen molar-refractivity contribution in [1.82, 2.24) is 15.2 Å². The van der Waals surface area contributed by atoms with Crippen LogP contribution in [0.3, 0.4) is 0 Å². The van der Waals surface area contributed by atoms with Gasteiger partial charge in [-0.1, -0.05) is 12.1 Å². The number of allylic oxidation sites excluding steroid dienone is 1. The fourth-order valence-electron chi connectivity index (χ4n) is 3.42. The number of β-amino-alcohol motifs (C(OH)–C–C–N with tert-alkyl or cyclic N) is 1. The van der Waals surface area contributed by atoms with E-state index in [1.54, 1.807) is 29.3 Å². The van der Waals surface area contributed by atoms with Gasteiger partial charge in [-0.25, -0.2) is 10.8 Å². The second kappa shape index (κ2) is 9.92. The quantitative estimate of drug-likeness (QED) is 0.183. The molecule has 164 valence electrons. The van der Waals surface area contributed by atoms with Gasteiger partial charge in [0.1, 0.15) is 5.82 Å². The summed E-state index contributed by atoms with van der Waals surface area (Å²) in [7, 11) is 0. The highest BCUT2D eigenvalue weighted by Crippen LogP contribution is 2.24. The highest BCUT2D eigenvalue weighted by atomic mass is 16.3. The normalized spacial score (nSPS) is 16.3. The summed E-state index contributed by atoms with van der Waals surface area (Å²) in [5, 5.41) is 20.4. The summed E-state index contributed by atoms with van der Waals surface area (Å²) in [6.45, 7) is 1.49. The number of aromatic nitrogens is 1. The summed E-state index contributed by atoms with van der Waals surface area (Å²) in [4.78, 5) is 18.1. The van der Waals surface area contributed by atoms with Crippen molar-refractivity contribution < 1.29 is 9.90 Å². The Morgan fingerprint density at radius 1 is 1.32 bits per heavy atom. The Morgan fingerprint density at radius 2 is 2.06 bits per heavy atom. The summed E-state index contributed by atoms with van der Waals surface area (Å²) in [6.07, 6.45) is 3.56. The molecular weight excluding hydrogens is 396 g/mol. The topological polar surface area (TPSA) is 179 Å². The van der Waals surface area contributed by atoms with E-state index in [0.717, 1.165) is 5.56 Å². The summed E-state index contributed by atoms with van der Waals surface area (Å²) >= 11 is 0. The van der Waals surface area contributed by atoms with E-state index >= 15 is 0 Å². The van der Waals surface area contributed by atoms with Gasteiger partial charge in [0.2, 0.25) is 0 Å². The van der Waals surface area contributed by atoms with Gasteiger partial charge in [-0.15, -0.1) is 0 Å². The van der Waals surface area contributed by atoms with Gasteiger partial charge in [0.05, 0.1) is 11.8 Å². The minimum absolute atomic E-state index is 0.0670. The number of rotatable bonds is 8. The van der Waals surface area contributed by atoms with Crippen LogP contribution in [0.4, 0.5) is 17.3 Å². The average Bonchev–Trinajstić information content (AvgIpc) is 3.21. The zero-order valence-corrected chi connectivity index (χ0v) is 17.1. The Bertz CT molecular complexity index is 974. The van der Waals surface area contributed by atoms with Crippen molar-refractivity contribution in [2.45, 2.75) is 25.5 Å². The Morgan fingerprint density at radius 3 is 2.68 bits per heavy atom. The van der Waals surface area contributed by atoms with E-state index < -0.39 is 6.10 Å². The first-order valence-electron chi connectivity index (χ1n) is 9.92. The molecule has 2 aromatic rings. The van der Waals surface area contributed by atoms with Gasteiger partial charge >= 0.3 is 0 Å². The lowest BCUT2D eigenvalue weighted by Crippen LogP contribution is -2.29. The molecule has 1 atom stereocenters. The second-order valence-electron chi connectivity index (χ2n) is 7.42. The van der Waals surface area contributed by atoms with E-state index in [9.17, 15) is 9.90 Å². The van der Waals surface area contributed by atoms with Gasteiger partial charge in [0, 0.05) is 44.0 Å². The lowest BCUT2D eigenvalue weighted by atomic mass is 10.1. The van der Waals surface area contributed by atoms with Crippen LogP contribution >= 0.6 is 0 Å². The monoisotopic (exact) mass is 424 g/mol. The number of nitrogens with zero attached hydrogens (tertiary/aromatic N) is 2. The van der Waals surface area contributed by atoms with Crippen LogP contribution in [0, 0.1) is 5.41 Å². The van der Waals surface area contributed by atoms with Crippen LogP contribution in [-0.4, -0.2) is 46.3 Å². The van der Waals surface area contributed by atoms with Crippen molar-refractivity contribution in [3.05, 3.63) is 58.8 Å². The zero-order chi connectivity index (χ0) is 22.4. The number of carbonyl (C=O) groups excluding carboxylic acids is 1. The van der Waals surface area contributed by atoms with Crippen LogP contribution in [0.15, 0.2) is 42.1 Å². The third-order valence-corrected chi connectivity index (χ3v) is 5.13. The summed E-state index contributed by atoms with van der Waals surface area (Å²) in [5.74, 6) is 5.93. The first-order valence-corrected chi connectivity index (χ1v) is 9.92. The number of hydrazine groups is 1. The number of amides is 1. The molecule has 1 aliphatic rings. The molecule has 0 bridgehead atoms. The number of nitrogens with one attached hydrogen (secondary N) is 3. The van der Waals surface area contributed by atoms with E-state index in [1.807, 2.05) is 12.1 Å². The van der Waals surface area contributed by atoms with Crippen molar-refractivity contribution >= 4 is 29.4 Å². The first kappa shape index (κ1) is 22.1. The van der Waals surface area contributed by atoms with Crippen LogP contribution < -0.4 is 28.1 Å². The van der Waals surface area contributed by atoms with Gasteiger partial charge in [0.25, 0.3) is 5.91 Å². The number of aliphatic hydroxyl groups is 1. The molecule has 10 nitrogen and oxygen atoms in total. The van der Waals surface area contributed by atoms with E-state index in [1.165, 1.54) is 6.21 Å². The SMILES string of the molecule is N=C/C(=C\NCc1ccc(C(=O)N2CCC(O)C2)cc1)Cc1cc(N)nc(NN)c1N. The number of anilines is 3. The number of hydrogen-bond acceptors (Lipinski definition) is 9. The molecule has 1 aliphatic heterocycles. The number of benzene rings is 1. The fourth-order valence-corrected chi connectivity index (χ4v) is 3.42.